The summed E-state index contributed by atoms with van der Waals surface area (Å²) in [7, 11) is 0. The summed E-state index contributed by atoms with van der Waals surface area (Å²) in [5.74, 6) is 1.22. The van der Waals surface area contributed by atoms with Gasteiger partial charge in [0.1, 0.15) is 23.0 Å². The highest BCUT2D eigenvalue weighted by Crippen LogP contribution is 2.44. The molecule has 3 heteroatoms. The Bertz CT molecular complexity index is 2600. The van der Waals surface area contributed by atoms with Crippen molar-refractivity contribution in [1.82, 2.24) is 0 Å². The Morgan fingerprint density at radius 1 is 0.451 bits per heavy atom. The molecule has 2 atom stereocenters. The standard InChI is InChI=1S/C48H33NO2/c1-2-8-32(9-3-1)33-14-22-38(23-15-33)49(39-24-16-34(17-25-39)36-20-28-47-43(30-36)41-10-4-6-12-45(41)50-47)40-26-18-35(19-27-40)37-21-29-48-44(31-37)42-11-5-7-13-46(42)51-48/h1-31,43,47H. The van der Waals surface area contributed by atoms with Gasteiger partial charge in [-0.05, 0) is 100 Å². The van der Waals surface area contributed by atoms with E-state index in [-0.39, 0.29) is 12.0 Å². The van der Waals surface area contributed by atoms with Crippen LogP contribution in [0, 0.1) is 0 Å². The lowest BCUT2D eigenvalue weighted by molar-refractivity contribution is 0.269. The summed E-state index contributed by atoms with van der Waals surface area (Å²) in [5, 5.41) is 2.27. The van der Waals surface area contributed by atoms with Crippen molar-refractivity contribution in [2.24, 2.45) is 0 Å². The summed E-state index contributed by atoms with van der Waals surface area (Å²) in [5.41, 5.74) is 13.5. The molecule has 8 aromatic rings. The van der Waals surface area contributed by atoms with E-state index in [2.05, 4.69) is 175 Å². The minimum atomic E-state index is 0.0590. The second kappa shape index (κ2) is 12.1. The molecule has 0 amide bonds. The number of hydrogen-bond donors (Lipinski definition) is 0. The molecule has 2 unspecified atom stereocenters. The highest BCUT2D eigenvalue weighted by Gasteiger charge is 2.33. The van der Waals surface area contributed by atoms with E-state index < -0.39 is 0 Å². The van der Waals surface area contributed by atoms with E-state index in [1.54, 1.807) is 0 Å². The zero-order chi connectivity index (χ0) is 33.7. The number of anilines is 3. The number of nitrogens with zero attached hydrogens (tertiary/aromatic N) is 1. The van der Waals surface area contributed by atoms with E-state index in [4.69, 9.17) is 9.15 Å². The molecule has 51 heavy (non-hydrogen) atoms. The van der Waals surface area contributed by atoms with Gasteiger partial charge in [-0.1, -0.05) is 121 Å². The highest BCUT2D eigenvalue weighted by molar-refractivity contribution is 6.06. The Morgan fingerprint density at radius 3 is 1.76 bits per heavy atom. The van der Waals surface area contributed by atoms with E-state index >= 15 is 0 Å². The largest absolute Gasteiger partial charge is 0.485 e. The number of para-hydroxylation sites is 2. The van der Waals surface area contributed by atoms with Gasteiger partial charge in [0.05, 0.1) is 0 Å². The van der Waals surface area contributed by atoms with Gasteiger partial charge >= 0.3 is 0 Å². The number of allylic oxidation sites excluding steroid dienone is 2. The van der Waals surface area contributed by atoms with Crippen LogP contribution in [0.25, 0.3) is 49.8 Å². The zero-order valence-corrected chi connectivity index (χ0v) is 27.8. The van der Waals surface area contributed by atoms with Crippen LogP contribution >= 0.6 is 0 Å². The van der Waals surface area contributed by atoms with Crippen LogP contribution in [0.5, 0.6) is 5.75 Å². The fourth-order valence-corrected chi connectivity index (χ4v) is 7.64. The van der Waals surface area contributed by atoms with Crippen LogP contribution in [-0.4, -0.2) is 6.10 Å². The number of rotatable bonds is 6. The van der Waals surface area contributed by atoms with E-state index in [1.165, 1.54) is 27.8 Å². The monoisotopic (exact) mass is 655 g/mol. The van der Waals surface area contributed by atoms with Gasteiger partial charge in [0, 0.05) is 39.3 Å². The average Bonchev–Trinajstić information content (AvgIpc) is 3.77. The molecule has 0 radical (unpaired) electrons. The van der Waals surface area contributed by atoms with Gasteiger partial charge in [-0.3, -0.25) is 0 Å². The predicted molar refractivity (Wildman–Crippen MR) is 210 cm³/mol. The Labute approximate surface area is 297 Å². The first-order valence-electron chi connectivity index (χ1n) is 17.5. The molecule has 0 saturated carbocycles. The summed E-state index contributed by atoms with van der Waals surface area (Å²) in [6.07, 6.45) is 6.81. The normalized spacial score (nSPS) is 16.0. The van der Waals surface area contributed by atoms with Crippen molar-refractivity contribution < 1.29 is 9.15 Å². The summed E-state index contributed by atoms with van der Waals surface area (Å²) in [6, 6.07) is 60.2. The van der Waals surface area contributed by atoms with Crippen LogP contribution in [0.2, 0.25) is 0 Å². The lowest BCUT2D eigenvalue weighted by Gasteiger charge is -2.26. The third kappa shape index (κ3) is 5.22. The lowest BCUT2D eigenvalue weighted by Crippen LogP contribution is -2.17. The molecule has 1 aromatic heterocycles. The van der Waals surface area contributed by atoms with E-state index in [0.717, 1.165) is 55.9 Å². The van der Waals surface area contributed by atoms with E-state index in [9.17, 15) is 0 Å². The number of hydrogen-bond acceptors (Lipinski definition) is 3. The molecule has 0 spiro atoms. The first kappa shape index (κ1) is 29.3. The third-order valence-electron chi connectivity index (χ3n) is 10.2. The quantitative estimate of drug-likeness (QED) is 0.178. The van der Waals surface area contributed by atoms with Crippen molar-refractivity contribution >= 4 is 44.6 Å². The van der Waals surface area contributed by atoms with E-state index in [0.29, 0.717) is 0 Å². The van der Waals surface area contributed by atoms with Gasteiger partial charge in [-0.25, -0.2) is 0 Å². The van der Waals surface area contributed by atoms with Gasteiger partial charge in [-0.2, -0.15) is 0 Å². The van der Waals surface area contributed by atoms with Crippen molar-refractivity contribution in [3.05, 3.63) is 199 Å². The second-order valence-electron chi connectivity index (χ2n) is 13.3. The summed E-state index contributed by atoms with van der Waals surface area (Å²) < 4.78 is 12.3. The molecule has 3 nitrogen and oxygen atoms in total. The number of furan rings is 1. The van der Waals surface area contributed by atoms with E-state index in [1.807, 2.05) is 18.2 Å². The predicted octanol–water partition coefficient (Wildman–Crippen LogP) is 12.9. The number of benzene rings is 7. The van der Waals surface area contributed by atoms with Crippen molar-refractivity contribution in [2.75, 3.05) is 4.90 Å². The minimum absolute atomic E-state index is 0.0590. The van der Waals surface area contributed by atoms with Gasteiger partial charge < -0.3 is 14.1 Å². The van der Waals surface area contributed by atoms with Crippen LogP contribution in [0.3, 0.4) is 0 Å². The number of fused-ring (bicyclic) bond motifs is 6. The Kier molecular flexibility index (Phi) is 6.95. The molecule has 0 bridgehead atoms. The van der Waals surface area contributed by atoms with Crippen LogP contribution in [-0.2, 0) is 0 Å². The zero-order valence-electron chi connectivity index (χ0n) is 27.8. The molecule has 7 aromatic carbocycles. The average molecular weight is 656 g/mol. The third-order valence-corrected chi connectivity index (χ3v) is 10.2. The highest BCUT2D eigenvalue weighted by atomic mass is 16.5. The molecule has 0 fully saturated rings. The van der Waals surface area contributed by atoms with Crippen molar-refractivity contribution in [2.45, 2.75) is 12.0 Å². The molecule has 10 rings (SSSR count). The van der Waals surface area contributed by atoms with Gasteiger partial charge in [0.2, 0.25) is 0 Å². The second-order valence-corrected chi connectivity index (χ2v) is 13.3. The van der Waals surface area contributed by atoms with Crippen LogP contribution < -0.4 is 9.64 Å². The maximum Gasteiger partial charge on any atom is 0.135 e. The van der Waals surface area contributed by atoms with Crippen molar-refractivity contribution in [1.29, 1.82) is 0 Å². The Hall–Kier alpha value is -6.58. The molecule has 2 aliphatic rings. The number of ether oxygens (including phenoxy) is 1. The molecular formula is C48H33NO2. The van der Waals surface area contributed by atoms with Gasteiger partial charge in [0.15, 0.2) is 0 Å². The molecule has 0 N–H and O–H groups in total. The maximum absolute atomic E-state index is 6.21. The molecule has 1 aliphatic carbocycles. The smallest absolute Gasteiger partial charge is 0.135 e. The molecular weight excluding hydrogens is 623 g/mol. The van der Waals surface area contributed by atoms with Crippen molar-refractivity contribution in [3.63, 3.8) is 0 Å². The summed E-state index contributed by atoms with van der Waals surface area (Å²) in [4.78, 5) is 2.33. The molecule has 2 heterocycles. The maximum atomic E-state index is 6.21. The van der Waals surface area contributed by atoms with Gasteiger partial charge in [-0.15, -0.1) is 0 Å². The van der Waals surface area contributed by atoms with Crippen molar-refractivity contribution in [3.8, 4) is 28.0 Å². The van der Waals surface area contributed by atoms with Crippen LogP contribution in [0.4, 0.5) is 17.1 Å². The Morgan fingerprint density at radius 2 is 1.02 bits per heavy atom. The molecule has 0 saturated heterocycles. The Balaban J connectivity index is 1.00. The molecule has 1 aliphatic heterocycles. The molecule has 242 valence electrons. The summed E-state index contributed by atoms with van der Waals surface area (Å²) >= 11 is 0. The first-order chi connectivity index (χ1) is 25.2. The fourth-order valence-electron chi connectivity index (χ4n) is 7.64. The minimum Gasteiger partial charge on any atom is -0.485 e. The van der Waals surface area contributed by atoms with Gasteiger partial charge in [0.25, 0.3) is 0 Å². The van der Waals surface area contributed by atoms with Crippen LogP contribution in [0.1, 0.15) is 17.0 Å². The fraction of sp³-hybridized carbons (Fsp3) is 0.0417. The topological polar surface area (TPSA) is 25.6 Å². The lowest BCUT2D eigenvalue weighted by atomic mass is 9.87. The summed E-state index contributed by atoms with van der Waals surface area (Å²) in [6.45, 7) is 0. The SMILES string of the molecule is C1=CC2Oc3ccccc3C2C=C1c1ccc(N(c2ccc(-c3ccccc3)cc2)c2ccc(-c3ccc4oc5ccccc5c4c3)cc2)cc1. The van der Waals surface area contributed by atoms with Crippen LogP contribution in [0.15, 0.2) is 193 Å². The first-order valence-corrected chi connectivity index (χ1v) is 17.5.